The van der Waals surface area contributed by atoms with Gasteiger partial charge in [0, 0.05) is 34.6 Å². The Bertz CT molecular complexity index is 1470. The van der Waals surface area contributed by atoms with Crippen LogP contribution in [0, 0.1) is 23.7 Å². The Labute approximate surface area is 195 Å². The van der Waals surface area contributed by atoms with Crippen molar-refractivity contribution in [3.05, 3.63) is 119 Å². The molecule has 0 bridgehead atoms. The van der Waals surface area contributed by atoms with Gasteiger partial charge in [0.25, 0.3) is 0 Å². The van der Waals surface area contributed by atoms with E-state index in [0.717, 1.165) is 28.6 Å². The van der Waals surface area contributed by atoms with Crippen LogP contribution in [0.5, 0.6) is 0 Å². The zero-order valence-corrected chi connectivity index (χ0v) is 17.7. The summed E-state index contributed by atoms with van der Waals surface area (Å²) in [5.74, 6) is 9.54. The minimum Gasteiger partial charge on any atom is -0.478 e. The van der Waals surface area contributed by atoms with E-state index in [1.807, 2.05) is 42.5 Å². The third kappa shape index (κ3) is 5.53. The molecule has 0 saturated heterocycles. The van der Waals surface area contributed by atoms with Crippen LogP contribution in [0.15, 0.2) is 85.2 Å². The molecule has 2 aromatic carbocycles. The van der Waals surface area contributed by atoms with Crippen LogP contribution in [0.25, 0.3) is 11.4 Å². The van der Waals surface area contributed by atoms with Crippen molar-refractivity contribution >= 4 is 11.9 Å². The number of hydrogen-bond donors (Lipinski definition) is 2. The average Bonchev–Trinajstić information content (AvgIpc) is 2.87. The van der Waals surface area contributed by atoms with Gasteiger partial charge in [0.2, 0.25) is 0 Å². The van der Waals surface area contributed by atoms with Crippen molar-refractivity contribution in [2.24, 2.45) is 0 Å². The van der Waals surface area contributed by atoms with Crippen LogP contribution in [0.3, 0.4) is 0 Å². The van der Waals surface area contributed by atoms with Gasteiger partial charge in [-0.1, -0.05) is 29.7 Å². The lowest BCUT2D eigenvalue weighted by atomic mass is 10.1. The fourth-order valence-electron chi connectivity index (χ4n) is 3.03. The van der Waals surface area contributed by atoms with Gasteiger partial charge in [-0.15, -0.1) is 0 Å². The largest absolute Gasteiger partial charge is 0.478 e. The molecule has 0 amide bonds. The van der Waals surface area contributed by atoms with Gasteiger partial charge in [0.15, 0.2) is 0 Å². The highest BCUT2D eigenvalue weighted by Crippen LogP contribution is 2.14. The number of hydrogen-bond acceptors (Lipinski definition) is 4. The second kappa shape index (κ2) is 9.95. The van der Waals surface area contributed by atoms with E-state index < -0.39 is 11.9 Å². The Morgan fingerprint density at radius 1 is 0.559 bits per heavy atom. The maximum Gasteiger partial charge on any atom is 0.335 e. The molecule has 0 aliphatic carbocycles. The molecule has 4 rings (SSSR count). The van der Waals surface area contributed by atoms with Crippen molar-refractivity contribution in [2.75, 3.05) is 0 Å². The number of benzene rings is 2. The minimum atomic E-state index is -1.21. The molecule has 162 valence electrons. The number of carboxylic acids is 2. The van der Waals surface area contributed by atoms with Crippen LogP contribution in [0.1, 0.15) is 43.0 Å². The van der Waals surface area contributed by atoms with E-state index in [2.05, 4.69) is 33.6 Å². The molecule has 0 radical (unpaired) electrons. The van der Waals surface area contributed by atoms with Gasteiger partial charge in [0.05, 0.1) is 22.5 Å². The molecule has 0 aliphatic rings. The molecule has 2 heterocycles. The molecule has 2 aromatic heterocycles. The monoisotopic (exact) mass is 444 g/mol. The molecule has 0 aliphatic heterocycles. The summed E-state index contributed by atoms with van der Waals surface area (Å²) >= 11 is 0. The van der Waals surface area contributed by atoms with E-state index in [9.17, 15) is 19.8 Å². The molecular weight excluding hydrogens is 428 g/mol. The molecule has 6 nitrogen and oxygen atoms in total. The first-order chi connectivity index (χ1) is 16.5. The fourth-order valence-corrected chi connectivity index (χ4v) is 3.03. The second-order valence-electron chi connectivity index (χ2n) is 7.13. The summed E-state index contributed by atoms with van der Waals surface area (Å²) < 4.78 is 0. The average molecular weight is 444 g/mol. The topological polar surface area (TPSA) is 100 Å². The Morgan fingerprint density at radius 2 is 1.12 bits per heavy atom. The lowest BCUT2D eigenvalue weighted by Crippen LogP contribution is -2.03. The predicted molar refractivity (Wildman–Crippen MR) is 126 cm³/mol. The van der Waals surface area contributed by atoms with Crippen LogP contribution < -0.4 is 0 Å². The van der Waals surface area contributed by atoms with Crippen LogP contribution >= 0.6 is 0 Å². The summed E-state index contributed by atoms with van der Waals surface area (Å²) in [4.78, 5) is 31.1. The van der Waals surface area contributed by atoms with Gasteiger partial charge < -0.3 is 10.2 Å². The Morgan fingerprint density at radius 3 is 1.68 bits per heavy atom. The van der Waals surface area contributed by atoms with E-state index in [1.165, 1.54) is 12.1 Å². The lowest BCUT2D eigenvalue weighted by molar-refractivity contribution is 0.0696. The number of nitrogens with zero attached hydrogens (tertiary/aromatic N) is 2. The van der Waals surface area contributed by atoms with Crippen molar-refractivity contribution in [1.82, 2.24) is 9.97 Å². The van der Waals surface area contributed by atoms with Gasteiger partial charge >= 0.3 is 11.9 Å². The third-order valence-electron chi connectivity index (χ3n) is 4.70. The van der Waals surface area contributed by atoms with E-state index in [-0.39, 0.29) is 11.1 Å². The number of carbonyl (C=O) groups is 2. The van der Waals surface area contributed by atoms with Gasteiger partial charge in [-0.2, -0.15) is 0 Å². The van der Waals surface area contributed by atoms with Gasteiger partial charge in [0.1, 0.15) is 0 Å². The minimum absolute atomic E-state index is 0.128. The van der Waals surface area contributed by atoms with Crippen LogP contribution in [-0.4, -0.2) is 32.1 Å². The summed E-state index contributed by atoms with van der Waals surface area (Å²) in [7, 11) is 0. The maximum atomic E-state index is 11.2. The SMILES string of the molecule is O=C(O)c1cc(C#Cc2ccc(C#Cc3ccnc(-c4ccccn4)c3)cc2)cc(C(=O)O)c1. The number of rotatable bonds is 3. The van der Waals surface area contributed by atoms with Crippen molar-refractivity contribution in [3.63, 3.8) is 0 Å². The molecule has 2 N–H and O–H groups in total. The highest BCUT2D eigenvalue weighted by atomic mass is 16.4. The summed E-state index contributed by atoms with van der Waals surface area (Å²) in [6.45, 7) is 0. The van der Waals surface area contributed by atoms with E-state index in [1.54, 1.807) is 24.5 Å². The molecule has 34 heavy (non-hydrogen) atoms. The molecule has 6 heteroatoms. The molecule has 0 spiro atoms. The number of carboxylic acid groups (broad SMARTS) is 2. The summed E-state index contributed by atoms with van der Waals surface area (Å²) in [5.41, 5.74) is 3.87. The fraction of sp³-hybridized carbons (Fsp3) is 0. The first-order valence-corrected chi connectivity index (χ1v) is 10.1. The van der Waals surface area contributed by atoms with Crippen molar-refractivity contribution in [2.45, 2.75) is 0 Å². The zero-order chi connectivity index (χ0) is 23.9. The molecular formula is C28H16N2O4. The highest BCUT2D eigenvalue weighted by Gasteiger charge is 2.10. The number of pyridine rings is 2. The van der Waals surface area contributed by atoms with E-state index >= 15 is 0 Å². The highest BCUT2D eigenvalue weighted by molar-refractivity contribution is 5.94. The number of aromatic nitrogens is 2. The summed E-state index contributed by atoms with van der Waals surface area (Å²) in [5, 5.41) is 18.4. The summed E-state index contributed by atoms with van der Waals surface area (Å²) in [6.07, 6.45) is 3.41. The van der Waals surface area contributed by atoms with Gasteiger partial charge in [-0.05, 0) is 66.7 Å². The Kier molecular flexibility index (Phi) is 6.44. The zero-order valence-electron chi connectivity index (χ0n) is 17.7. The Hall–Kier alpha value is -5.20. The first kappa shape index (κ1) is 22.0. The van der Waals surface area contributed by atoms with Crippen molar-refractivity contribution in [1.29, 1.82) is 0 Å². The molecule has 0 fully saturated rings. The molecule has 4 aromatic rings. The van der Waals surface area contributed by atoms with E-state index in [0.29, 0.717) is 11.1 Å². The molecule has 0 saturated carbocycles. The number of aromatic carboxylic acids is 2. The van der Waals surface area contributed by atoms with Crippen LogP contribution in [-0.2, 0) is 0 Å². The van der Waals surface area contributed by atoms with E-state index in [4.69, 9.17) is 0 Å². The quantitative estimate of drug-likeness (QED) is 0.456. The Balaban J connectivity index is 1.52. The molecule has 0 unspecified atom stereocenters. The molecule has 0 atom stereocenters. The normalized spacial score (nSPS) is 9.76. The first-order valence-electron chi connectivity index (χ1n) is 10.1. The van der Waals surface area contributed by atoms with Gasteiger partial charge in [-0.25, -0.2) is 9.59 Å². The van der Waals surface area contributed by atoms with Crippen LogP contribution in [0.4, 0.5) is 0 Å². The summed E-state index contributed by atoms with van der Waals surface area (Å²) in [6, 6.07) is 20.4. The van der Waals surface area contributed by atoms with Crippen molar-refractivity contribution < 1.29 is 19.8 Å². The van der Waals surface area contributed by atoms with Crippen LogP contribution in [0.2, 0.25) is 0 Å². The smallest absolute Gasteiger partial charge is 0.335 e. The lowest BCUT2D eigenvalue weighted by Gasteiger charge is -2.00. The third-order valence-corrected chi connectivity index (χ3v) is 4.70. The van der Waals surface area contributed by atoms with Gasteiger partial charge in [-0.3, -0.25) is 9.97 Å². The second-order valence-corrected chi connectivity index (χ2v) is 7.13. The maximum absolute atomic E-state index is 11.2. The standard InChI is InChI=1S/C28H16N2O4/c31-27(32)23-15-22(16-24(18-23)28(33)34)11-9-20-6-4-19(5-7-20)8-10-21-12-14-30-26(17-21)25-3-1-2-13-29-25/h1-7,12-18H,(H,31,32)(H,33,34). The van der Waals surface area contributed by atoms with Crippen molar-refractivity contribution in [3.8, 4) is 35.1 Å². The predicted octanol–water partition coefficient (Wildman–Crippen LogP) is 4.34.